The zero-order chi connectivity index (χ0) is 27.1. The Hall–Kier alpha value is -2.88. The first-order chi connectivity index (χ1) is 18.0. The highest BCUT2D eigenvalue weighted by Gasteiger charge is 2.76. The molecule has 8 nitrogen and oxygen atoms in total. The third kappa shape index (κ3) is 3.15. The van der Waals surface area contributed by atoms with E-state index in [1.165, 1.54) is 42.5 Å². The van der Waals surface area contributed by atoms with Gasteiger partial charge in [0.05, 0.1) is 25.5 Å². The van der Waals surface area contributed by atoms with Crippen molar-refractivity contribution in [1.82, 2.24) is 9.80 Å². The second kappa shape index (κ2) is 8.56. The van der Waals surface area contributed by atoms with E-state index in [1.807, 2.05) is 23.6 Å². The number of phenolic OH excluding ortho intramolecular Hbond substituents is 1. The third-order valence-electron chi connectivity index (χ3n) is 8.53. The third-order valence-corrected chi connectivity index (χ3v) is 10.8. The number of ether oxygens (including phenoxy) is 1. The molecule has 3 fully saturated rings. The van der Waals surface area contributed by atoms with E-state index in [4.69, 9.17) is 27.9 Å². The van der Waals surface area contributed by atoms with Gasteiger partial charge >= 0.3 is 0 Å². The number of carbonyl (C=O) groups excluding carboxylic acids is 4. The fourth-order valence-electron chi connectivity index (χ4n) is 6.81. The highest BCUT2D eigenvalue weighted by Crippen LogP contribution is 2.66. The van der Waals surface area contributed by atoms with Gasteiger partial charge in [0, 0.05) is 29.5 Å². The molecule has 0 spiro atoms. The molecule has 6 rings (SSSR count). The zero-order valence-corrected chi connectivity index (χ0v) is 22.8. The van der Waals surface area contributed by atoms with Crippen LogP contribution in [0.3, 0.4) is 0 Å². The van der Waals surface area contributed by atoms with E-state index in [0.717, 1.165) is 9.78 Å². The fourth-order valence-corrected chi connectivity index (χ4v) is 8.51. The first kappa shape index (κ1) is 25.4. The van der Waals surface area contributed by atoms with Gasteiger partial charge in [0.2, 0.25) is 11.8 Å². The maximum atomic E-state index is 13.8. The number of methoxy groups -OCH3 is 1. The second-order valence-electron chi connectivity index (χ2n) is 10.3. The van der Waals surface area contributed by atoms with Crippen LogP contribution in [-0.2, 0) is 25.7 Å². The highest BCUT2D eigenvalue weighted by molar-refractivity contribution is 7.09. The predicted molar refractivity (Wildman–Crippen MR) is 140 cm³/mol. The van der Waals surface area contributed by atoms with E-state index in [1.54, 1.807) is 6.07 Å². The lowest BCUT2D eigenvalue weighted by Crippen LogP contribution is -2.60. The van der Waals surface area contributed by atoms with E-state index < -0.39 is 45.2 Å². The van der Waals surface area contributed by atoms with Crippen LogP contribution in [0.4, 0.5) is 0 Å². The summed E-state index contributed by atoms with van der Waals surface area (Å²) in [6.07, 6.45) is 2.10. The summed E-state index contributed by atoms with van der Waals surface area (Å²) in [5, 5.41) is 12.0. The normalized spacial score (nSPS) is 34.3. The lowest BCUT2D eigenvalue weighted by atomic mass is 9.56. The van der Waals surface area contributed by atoms with Crippen molar-refractivity contribution in [2.75, 3.05) is 14.2 Å². The number of benzene rings is 1. The first-order valence-electron chi connectivity index (χ1n) is 12.2. The number of nitrogens with zero attached hydrogens (tertiary/aromatic N) is 2. The van der Waals surface area contributed by atoms with Crippen LogP contribution in [0.15, 0.2) is 47.4 Å². The number of likely N-dealkylation sites (tertiary alicyclic amines) is 2. The molecule has 2 saturated heterocycles. The first-order valence-corrected chi connectivity index (χ1v) is 13.8. The van der Waals surface area contributed by atoms with Crippen molar-refractivity contribution in [3.63, 3.8) is 0 Å². The smallest absolute Gasteiger partial charge is 0.253 e. The molecule has 2 aromatic rings. The van der Waals surface area contributed by atoms with Gasteiger partial charge in [0.1, 0.15) is 11.5 Å². The standard InChI is InChI=1S/C27H24Cl2N2O6S/c1-30-24(35)26(28)11-18-15(21(27(26,29)25(30)36)16-6-5-13(32)10-19(16)37-2)7-8-17-20(18)23(34)31(22(17)33)12-14-4-3-9-38-14/h3-7,9-10,17-18,20-21,32H,8,11-12H2,1-2H3. The Balaban J connectivity index is 1.51. The minimum Gasteiger partial charge on any atom is -0.508 e. The van der Waals surface area contributed by atoms with E-state index in [0.29, 0.717) is 17.6 Å². The topological polar surface area (TPSA) is 104 Å². The molecule has 11 heteroatoms. The molecule has 198 valence electrons. The number of fused-ring (bicyclic) bond motifs is 4. The van der Waals surface area contributed by atoms with Crippen LogP contribution in [-0.4, -0.2) is 62.4 Å². The Morgan fingerprint density at radius 3 is 2.55 bits per heavy atom. The van der Waals surface area contributed by atoms with Crippen molar-refractivity contribution in [2.45, 2.75) is 35.1 Å². The number of imide groups is 2. The number of carbonyl (C=O) groups is 4. The number of halogens is 2. The molecular weight excluding hydrogens is 551 g/mol. The van der Waals surface area contributed by atoms with Crippen LogP contribution in [0.5, 0.6) is 11.5 Å². The number of amides is 4. The van der Waals surface area contributed by atoms with Gasteiger partial charge in [-0.15, -0.1) is 34.5 Å². The summed E-state index contributed by atoms with van der Waals surface area (Å²) in [5.74, 6) is -4.51. The molecule has 4 aliphatic rings. The van der Waals surface area contributed by atoms with Gasteiger partial charge in [-0.25, -0.2) is 0 Å². The Morgan fingerprint density at radius 1 is 1.11 bits per heavy atom. The summed E-state index contributed by atoms with van der Waals surface area (Å²) in [5.41, 5.74) is 1.14. The van der Waals surface area contributed by atoms with Crippen LogP contribution in [0.2, 0.25) is 0 Å². The Kier molecular flexibility index (Phi) is 5.72. The largest absolute Gasteiger partial charge is 0.508 e. The molecular formula is C27H24Cl2N2O6S. The maximum Gasteiger partial charge on any atom is 0.253 e. The van der Waals surface area contributed by atoms with E-state index >= 15 is 0 Å². The molecule has 2 aliphatic heterocycles. The van der Waals surface area contributed by atoms with Gasteiger partial charge in [-0.1, -0.05) is 23.8 Å². The van der Waals surface area contributed by atoms with Crippen molar-refractivity contribution in [3.8, 4) is 11.5 Å². The maximum absolute atomic E-state index is 13.8. The van der Waals surface area contributed by atoms with Crippen molar-refractivity contribution in [1.29, 1.82) is 0 Å². The minimum atomic E-state index is -1.90. The lowest BCUT2D eigenvalue weighted by Gasteiger charge is -2.51. The monoisotopic (exact) mass is 574 g/mol. The summed E-state index contributed by atoms with van der Waals surface area (Å²) in [4.78, 5) is 53.7. The number of thiophene rings is 1. The van der Waals surface area contributed by atoms with E-state index in [2.05, 4.69) is 0 Å². The van der Waals surface area contributed by atoms with Crippen LogP contribution < -0.4 is 4.74 Å². The average Bonchev–Trinajstić information content (AvgIpc) is 3.53. The van der Waals surface area contributed by atoms with Crippen molar-refractivity contribution in [3.05, 3.63) is 57.8 Å². The van der Waals surface area contributed by atoms with Crippen LogP contribution in [0, 0.1) is 17.8 Å². The van der Waals surface area contributed by atoms with E-state index in [9.17, 15) is 24.3 Å². The van der Waals surface area contributed by atoms with Gasteiger partial charge in [-0.3, -0.25) is 29.0 Å². The molecule has 0 radical (unpaired) electrons. The van der Waals surface area contributed by atoms with E-state index in [-0.39, 0.29) is 36.3 Å². The fraction of sp³-hybridized carbons (Fsp3) is 0.407. The lowest BCUT2D eigenvalue weighted by molar-refractivity contribution is -0.141. The molecule has 2 aliphatic carbocycles. The average molecular weight is 575 g/mol. The molecule has 3 heterocycles. The predicted octanol–water partition coefficient (Wildman–Crippen LogP) is 3.65. The Morgan fingerprint density at radius 2 is 1.87 bits per heavy atom. The van der Waals surface area contributed by atoms with Crippen LogP contribution in [0.25, 0.3) is 0 Å². The van der Waals surface area contributed by atoms with Crippen molar-refractivity contribution in [2.24, 2.45) is 17.8 Å². The van der Waals surface area contributed by atoms with Gasteiger partial charge in [0.15, 0.2) is 9.75 Å². The Bertz CT molecular complexity index is 1430. The number of alkyl halides is 2. The summed E-state index contributed by atoms with van der Waals surface area (Å²) in [7, 11) is 2.77. The molecule has 1 aromatic heterocycles. The van der Waals surface area contributed by atoms with Crippen molar-refractivity contribution < 1.29 is 29.0 Å². The molecule has 1 aromatic carbocycles. The number of aromatic hydroxyl groups is 1. The number of allylic oxidation sites excluding steroid dienone is 2. The zero-order valence-electron chi connectivity index (χ0n) is 20.5. The summed E-state index contributed by atoms with van der Waals surface area (Å²) in [6, 6.07) is 8.18. The van der Waals surface area contributed by atoms with Crippen LogP contribution >= 0.6 is 34.5 Å². The summed E-state index contributed by atoms with van der Waals surface area (Å²) < 4.78 is 5.55. The molecule has 6 atom stereocenters. The number of hydrogen-bond donors (Lipinski definition) is 1. The second-order valence-corrected chi connectivity index (χ2v) is 12.5. The number of phenols is 1. The number of rotatable bonds is 4. The highest BCUT2D eigenvalue weighted by atomic mass is 35.5. The molecule has 38 heavy (non-hydrogen) atoms. The number of hydrogen-bond acceptors (Lipinski definition) is 7. The molecule has 1 N–H and O–H groups in total. The van der Waals surface area contributed by atoms with Gasteiger partial charge < -0.3 is 9.84 Å². The SMILES string of the molecule is COc1cc(O)ccc1C1C2=CCC3C(=O)N(Cc4cccs4)C(=O)C3C2CC2(Cl)C(=O)N(C)C(=O)C12Cl. The molecule has 0 bridgehead atoms. The van der Waals surface area contributed by atoms with Crippen molar-refractivity contribution >= 4 is 58.2 Å². The van der Waals surface area contributed by atoms with Gasteiger partial charge in [-0.2, -0.15) is 0 Å². The molecule has 1 saturated carbocycles. The van der Waals surface area contributed by atoms with Gasteiger partial charge in [-0.05, 0) is 36.3 Å². The minimum absolute atomic E-state index is 0.0527. The van der Waals surface area contributed by atoms with Crippen LogP contribution in [0.1, 0.15) is 29.2 Å². The molecule has 4 amide bonds. The van der Waals surface area contributed by atoms with Gasteiger partial charge in [0.25, 0.3) is 11.8 Å². The summed E-state index contributed by atoms with van der Waals surface area (Å²) in [6.45, 7) is 0.186. The summed E-state index contributed by atoms with van der Waals surface area (Å²) >= 11 is 15.8. The quantitative estimate of drug-likeness (QED) is 0.339. The Labute approximate surface area is 232 Å². The molecule has 6 unspecified atom stereocenters.